The van der Waals surface area contributed by atoms with Gasteiger partial charge in [-0.1, -0.05) is 30.7 Å². The first-order chi connectivity index (χ1) is 12.8. The first-order valence-corrected chi connectivity index (χ1v) is 10.5. The van der Waals surface area contributed by atoms with Crippen molar-refractivity contribution in [2.24, 2.45) is 0 Å². The number of amides is 1. The van der Waals surface area contributed by atoms with E-state index in [9.17, 15) is 18.0 Å². The molecule has 0 saturated carbocycles. The van der Waals surface area contributed by atoms with Gasteiger partial charge in [-0.15, -0.1) is 0 Å². The molecule has 144 valence electrons. The van der Waals surface area contributed by atoms with E-state index in [-0.39, 0.29) is 5.75 Å². The number of carbonyl (C=O) groups is 2. The van der Waals surface area contributed by atoms with Crippen molar-refractivity contribution in [2.45, 2.75) is 19.1 Å². The molecule has 0 spiro atoms. The number of hydrogen-bond acceptors (Lipinski definition) is 5. The summed E-state index contributed by atoms with van der Waals surface area (Å²) in [5.74, 6) is -2.02. The summed E-state index contributed by atoms with van der Waals surface area (Å²) < 4.78 is 29.5. The lowest BCUT2D eigenvalue weighted by Gasteiger charge is -2.08. The molecule has 0 heterocycles. The fourth-order valence-corrected chi connectivity index (χ4v) is 3.65. The number of benzene rings is 2. The van der Waals surface area contributed by atoms with Gasteiger partial charge < -0.3 is 10.1 Å². The largest absolute Gasteiger partial charge is 0.462 e. The normalized spacial score (nSPS) is 11.0. The second-order valence-electron chi connectivity index (χ2n) is 5.92. The second kappa shape index (κ2) is 9.53. The summed E-state index contributed by atoms with van der Waals surface area (Å²) in [6.45, 7) is 2.22. The zero-order chi connectivity index (χ0) is 19.9. The van der Waals surface area contributed by atoms with Crippen LogP contribution in [0.1, 0.15) is 29.3 Å². The van der Waals surface area contributed by atoms with Crippen LogP contribution >= 0.6 is 11.6 Å². The quantitative estimate of drug-likeness (QED) is 0.674. The Morgan fingerprint density at radius 1 is 1.04 bits per heavy atom. The van der Waals surface area contributed by atoms with Gasteiger partial charge in [0.2, 0.25) is 5.91 Å². The fraction of sp³-hybridized carbons (Fsp3) is 0.263. The van der Waals surface area contributed by atoms with Crippen molar-refractivity contribution in [2.75, 3.05) is 17.7 Å². The molecule has 0 fully saturated rings. The molecule has 8 heteroatoms. The Morgan fingerprint density at radius 3 is 2.26 bits per heavy atom. The van der Waals surface area contributed by atoms with Crippen LogP contribution in [-0.2, 0) is 25.1 Å². The molecule has 0 aliphatic carbocycles. The van der Waals surface area contributed by atoms with Gasteiger partial charge in [0.05, 0.1) is 17.9 Å². The van der Waals surface area contributed by atoms with Crippen molar-refractivity contribution in [3.05, 3.63) is 64.7 Å². The minimum absolute atomic E-state index is 0.300. The van der Waals surface area contributed by atoms with E-state index < -0.39 is 27.5 Å². The molecule has 0 unspecified atom stereocenters. The van der Waals surface area contributed by atoms with E-state index in [1.165, 1.54) is 24.3 Å². The van der Waals surface area contributed by atoms with Gasteiger partial charge in [0.25, 0.3) is 0 Å². The molecule has 0 aromatic heterocycles. The molecule has 0 aliphatic rings. The maximum atomic E-state index is 12.2. The highest BCUT2D eigenvalue weighted by Crippen LogP contribution is 2.14. The van der Waals surface area contributed by atoms with E-state index in [0.717, 1.165) is 6.42 Å². The number of carbonyl (C=O) groups excluding carboxylic acids is 2. The van der Waals surface area contributed by atoms with E-state index in [1.807, 2.05) is 6.92 Å². The van der Waals surface area contributed by atoms with Crippen molar-refractivity contribution >= 4 is 39.0 Å². The summed E-state index contributed by atoms with van der Waals surface area (Å²) in [6.07, 6.45) is 0.722. The Kier molecular flexibility index (Phi) is 7.38. The lowest BCUT2D eigenvalue weighted by atomic mass is 10.1. The van der Waals surface area contributed by atoms with Crippen LogP contribution in [0.3, 0.4) is 0 Å². The third-order valence-corrected chi connectivity index (χ3v) is 5.22. The zero-order valence-electron chi connectivity index (χ0n) is 14.8. The van der Waals surface area contributed by atoms with Gasteiger partial charge in [-0.3, -0.25) is 4.79 Å². The Morgan fingerprint density at radius 2 is 1.67 bits per heavy atom. The van der Waals surface area contributed by atoms with Crippen LogP contribution in [0.2, 0.25) is 5.02 Å². The average Bonchev–Trinajstić information content (AvgIpc) is 2.61. The molecule has 0 bridgehead atoms. The Bertz CT molecular complexity index is 893. The van der Waals surface area contributed by atoms with Gasteiger partial charge in [-0.25, -0.2) is 13.2 Å². The van der Waals surface area contributed by atoms with Crippen molar-refractivity contribution in [1.82, 2.24) is 0 Å². The SMILES string of the molecule is CCCOC(=O)c1ccc(CS(=O)(=O)CC(=O)Nc2ccc(Cl)cc2)cc1. The molecule has 2 rings (SSSR count). The van der Waals surface area contributed by atoms with Crippen molar-refractivity contribution in [3.8, 4) is 0 Å². The number of anilines is 1. The molecule has 0 aliphatic heterocycles. The first-order valence-electron chi connectivity index (χ1n) is 8.31. The third kappa shape index (κ3) is 7.03. The molecule has 6 nitrogen and oxygen atoms in total. The van der Waals surface area contributed by atoms with Crippen LogP contribution in [0.4, 0.5) is 5.69 Å². The number of rotatable bonds is 8. The molecule has 1 N–H and O–H groups in total. The molecule has 27 heavy (non-hydrogen) atoms. The number of sulfone groups is 1. The van der Waals surface area contributed by atoms with Gasteiger partial charge in [-0.05, 0) is 48.4 Å². The number of ether oxygens (including phenoxy) is 1. The molecule has 0 radical (unpaired) electrons. The number of halogens is 1. The van der Waals surface area contributed by atoms with E-state index in [0.29, 0.717) is 28.4 Å². The number of esters is 1. The maximum Gasteiger partial charge on any atom is 0.338 e. The molecule has 1 amide bonds. The first kappa shape index (κ1) is 20.9. The molecular formula is C19H20ClNO5S. The van der Waals surface area contributed by atoms with Gasteiger partial charge in [0.15, 0.2) is 9.84 Å². The third-order valence-electron chi connectivity index (χ3n) is 3.49. The highest BCUT2D eigenvalue weighted by atomic mass is 35.5. The number of nitrogens with one attached hydrogen (secondary N) is 1. The zero-order valence-corrected chi connectivity index (χ0v) is 16.3. The van der Waals surface area contributed by atoms with E-state index in [2.05, 4.69) is 5.32 Å². The van der Waals surface area contributed by atoms with Crippen LogP contribution in [0.15, 0.2) is 48.5 Å². The van der Waals surface area contributed by atoms with E-state index in [1.54, 1.807) is 24.3 Å². The molecule has 2 aromatic carbocycles. The minimum Gasteiger partial charge on any atom is -0.462 e. The van der Waals surface area contributed by atoms with Crippen molar-refractivity contribution < 1.29 is 22.7 Å². The molecule has 0 saturated heterocycles. The lowest BCUT2D eigenvalue weighted by Crippen LogP contribution is -2.24. The summed E-state index contributed by atoms with van der Waals surface area (Å²) in [4.78, 5) is 23.7. The Labute approximate surface area is 163 Å². The minimum atomic E-state index is -3.66. The van der Waals surface area contributed by atoms with Gasteiger partial charge >= 0.3 is 5.97 Å². The molecule has 0 atom stereocenters. The predicted octanol–water partition coefficient (Wildman–Crippen LogP) is 3.46. The molecular weight excluding hydrogens is 390 g/mol. The summed E-state index contributed by atoms with van der Waals surface area (Å²) in [7, 11) is -3.66. The van der Waals surface area contributed by atoms with Gasteiger partial charge in [0, 0.05) is 10.7 Å². The van der Waals surface area contributed by atoms with Crippen LogP contribution in [-0.4, -0.2) is 32.7 Å². The predicted molar refractivity (Wildman–Crippen MR) is 105 cm³/mol. The van der Waals surface area contributed by atoms with Crippen molar-refractivity contribution in [1.29, 1.82) is 0 Å². The highest BCUT2D eigenvalue weighted by molar-refractivity contribution is 7.91. The second-order valence-corrected chi connectivity index (χ2v) is 8.42. The summed E-state index contributed by atoms with van der Waals surface area (Å²) >= 11 is 5.76. The topological polar surface area (TPSA) is 89.5 Å². The Hall–Kier alpha value is -2.38. The van der Waals surface area contributed by atoms with Crippen LogP contribution < -0.4 is 5.32 Å². The van der Waals surface area contributed by atoms with Gasteiger partial charge in [0.1, 0.15) is 5.75 Å². The van der Waals surface area contributed by atoms with Crippen LogP contribution in [0, 0.1) is 0 Å². The van der Waals surface area contributed by atoms with E-state index in [4.69, 9.17) is 16.3 Å². The standard InChI is InChI=1S/C19H20ClNO5S/c1-2-11-26-19(23)15-5-3-14(4-6-15)12-27(24,25)13-18(22)21-17-9-7-16(20)8-10-17/h3-10H,2,11-13H2,1H3,(H,21,22). The summed E-state index contributed by atoms with van der Waals surface area (Å²) in [5.41, 5.74) is 1.31. The summed E-state index contributed by atoms with van der Waals surface area (Å²) in [5, 5.41) is 3.03. The van der Waals surface area contributed by atoms with Crippen LogP contribution in [0.25, 0.3) is 0 Å². The summed E-state index contributed by atoms with van der Waals surface area (Å²) in [6, 6.07) is 12.5. The average molecular weight is 410 g/mol. The fourth-order valence-electron chi connectivity index (χ4n) is 2.25. The van der Waals surface area contributed by atoms with Crippen molar-refractivity contribution in [3.63, 3.8) is 0 Å². The van der Waals surface area contributed by atoms with Crippen LogP contribution in [0.5, 0.6) is 0 Å². The smallest absolute Gasteiger partial charge is 0.338 e. The monoisotopic (exact) mass is 409 g/mol. The highest BCUT2D eigenvalue weighted by Gasteiger charge is 2.18. The lowest BCUT2D eigenvalue weighted by molar-refractivity contribution is -0.113. The molecule has 2 aromatic rings. The maximum absolute atomic E-state index is 12.2. The van der Waals surface area contributed by atoms with E-state index >= 15 is 0 Å². The number of hydrogen-bond donors (Lipinski definition) is 1. The van der Waals surface area contributed by atoms with Gasteiger partial charge in [-0.2, -0.15) is 0 Å². The Balaban J connectivity index is 1.94.